The number of thiazole rings is 1. The van der Waals surface area contributed by atoms with Crippen LogP contribution in [0.4, 0.5) is 5.69 Å². The van der Waals surface area contributed by atoms with E-state index in [0.717, 1.165) is 57.4 Å². The van der Waals surface area contributed by atoms with E-state index in [4.69, 9.17) is 0 Å². The van der Waals surface area contributed by atoms with Gasteiger partial charge in [-0.3, -0.25) is 9.69 Å². The summed E-state index contributed by atoms with van der Waals surface area (Å²) in [6, 6.07) is 8.59. The van der Waals surface area contributed by atoms with Crippen LogP contribution < -0.4 is 10.2 Å². The zero-order valence-corrected chi connectivity index (χ0v) is 18.1. The van der Waals surface area contributed by atoms with E-state index in [0.29, 0.717) is 12.2 Å². The highest BCUT2D eigenvalue weighted by atomic mass is 32.1. The average Bonchev–Trinajstić information content (AvgIpc) is 3.41. The first-order valence-electron chi connectivity index (χ1n) is 10.7. The van der Waals surface area contributed by atoms with Crippen LogP contribution in [0.2, 0.25) is 0 Å². The molecule has 1 N–H and O–H groups in total. The Labute approximate surface area is 177 Å². The van der Waals surface area contributed by atoms with Crippen LogP contribution in [0.5, 0.6) is 0 Å². The van der Waals surface area contributed by atoms with Gasteiger partial charge in [-0.15, -0.1) is 11.3 Å². The van der Waals surface area contributed by atoms with Gasteiger partial charge in [0.05, 0.1) is 6.54 Å². The van der Waals surface area contributed by atoms with Gasteiger partial charge in [0.2, 0.25) is 0 Å². The van der Waals surface area contributed by atoms with E-state index in [9.17, 15) is 4.79 Å². The number of rotatable bonds is 7. The van der Waals surface area contributed by atoms with E-state index in [2.05, 4.69) is 56.2 Å². The van der Waals surface area contributed by atoms with Gasteiger partial charge in [-0.2, -0.15) is 0 Å². The van der Waals surface area contributed by atoms with Crippen molar-refractivity contribution in [2.24, 2.45) is 0 Å². The molecule has 1 amide bonds. The van der Waals surface area contributed by atoms with Crippen molar-refractivity contribution in [3.63, 3.8) is 0 Å². The maximum absolute atomic E-state index is 12.4. The van der Waals surface area contributed by atoms with Crippen molar-refractivity contribution in [2.75, 3.05) is 57.3 Å². The summed E-state index contributed by atoms with van der Waals surface area (Å²) in [6.45, 7) is 11.1. The summed E-state index contributed by atoms with van der Waals surface area (Å²) in [6.07, 6.45) is 2.56. The molecule has 2 saturated heterocycles. The summed E-state index contributed by atoms with van der Waals surface area (Å²) < 4.78 is 0. The Kier molecular flexibility index (Phi) is 6.79. The van der Waals surface area contributed by atoms with Crippen LogP contribution >= 0.6 is 11.3 Å². The number of anilines is 1. The zero-order chi connectivity index (χ0) is 20.1. The van der Waals surface area contributed by atoms with Crippen LogP contribution in [-0.4, -0.2) is 73.0 Å². The molecule has 7 heteroatoms. The number of para-hydroxylation sites is 1. The van der Waals surface area contributed by atoms with Gasteiger partial charge in [-0.25, -0.2) is 4.98 Å². The predicted octanol–water partition coefficient (Wildman–Crippen LogP) is 2.60. The second-order valence-electron chi connectivity index (χ2n) is 7.98. The Hall–Kier alpha value is -1.96. The van der Waals surface area contributed by atoms with Gasteiger partial charge in [0, 0.05) is 50.3 Å². The molecule has 0 saturated carbocycles. The highest BCUT2D eigenvalue weighted by molar-refractivity contribution is 7.09. The Morgan fingerprint density at radius 2 is 1.83 bits per heavy atom. The molecule has 0 radical (unpaired) electrons. The van der Waals surface area contributed by atoms with Crippen LogP contribution in [0.3, 0.4) is 0 Å². The van der Waals surface area contributed by atoms with Crippen LogP contribution in [0.15, 0.2) is 29.6 Å². The van der Waals surface area contributed by atoms with Crippen molar-refractivity contribution >= 4 is 22.9 Å². The van der Waals surface area contributed by atoms with E-state index < -0.39 is 0 Å². The van der Waals surface area contributed by atoms with Crippen molar-refractivity contribution in [2.45, 2.75) is 26.3 Å². The highest BCUT2D eigenvalue weighted by Crippen LogP contribution is 2.22. The minimum absolute atomic E-state index is 0.0453. The molecule has 0 atom stereocenters. The fourth-order valence-corrected chi connectivity index (χ4v) is 4.98. The largest absolute Gasteiger partial charge is 0.369 e. The molecular weight excluding hydrogens is 382 g/mol. The summed E-state index contributed by atoms with van der Waals surface area (Å²) >= 11 is 1.59. The fraction of sp³-hybridized carbons (Fsp3) is 0.545. The summed E-state index contributed by atoms with van der Waals surface area (Å²) in [4.78, 5) is 24.2. The van der Waals surface area contributed by atoms with E-state index in [1.54, 1.807) is 11.3 Å². The van der Waals surface area contributed by atoms with E-state index in [-0.39, 0.29) is 5.91 Å². The lowest BCUT2D eigenvalue weighted by molar-refractivity contribution is 0.0945. The number of hydrogen-bond acceptors (Lipinski definition) is 6. The number of carbonyl (C=O) groups excluding carboxylic acids is 1. The highest BCUT2D eigenvalue weighted by Gasteiger charge is 2.20. The predicted molar refractivity (Wildman–Crippen MR) is 119 cm³/mol. The van der Waals surface area contributed by atoms with Crippen LogP contribution in [0.25, 0.3) is 0 Å². The van der Waals surface area contributed by atoms with Crippen LogP contribution in [-0.2, 0) is 6.54 Å². The van der Waals surface area contributed by atoms with Crippen LogP contribution in [0, 0.1) is 6.92 Å². The van der Waals surface area contributed by atoms with Gasteiger partial charge in [0.15, 0.2) is 0 Å². The molecule has 3 heterocycles. The lowest BCUT2D eigenvalue weighted by atomic mass is 10.1. The SMILES string of the molecule is Cc1ccccc1N1CCN(Cc2nc(C(=O)NCCN3CCCC3)cs2)CC1. The number of likely N-dealkylation sites (tertiary alicyclic amines) is 1. The minimum Gasteiger partial charge on any atom is -0.369 e. The average molecular weight is 414 g/mol. The van der Waals surface area contributed by atoms with E-state index in [1.165, 1.54) is 24.1 Å². The quantitative estimate of drug-likeness (QED) is 0.756. The van der Waals surface area contributed by atoms with E-state index >= 15 is 0 Å². The molecule has 4 rings (SSSR count). The first-order chi connectivity index (χ1) is 14.2. The third-order valence-corrected chi connectivity index (χ3v) is 6.72. The molecule has 2 aliphatic heterocycles. The Morgan fingerprint density at radius 1 is 1.07 bits per heavy atom. The number of benzene rings is 1. The summed E-state index contributed by atoms with van der Waals surface area (Å²) in [5, 5.41) is 5.94. The second kappa shape index (κ2) is 9.69. The third kappa shape index (κ3) is 5.35. The lowest BCUT2D eigenvalue weighted by Crippen LogP contribution is -2.46. The Bertz CT molecular complexity index is 809. The monoisotopic (exact) mass is 413 g/mol. The van der Waals surface area contributed by atoms with Gasteiger partial charge >= 0.3 is 0 Å². The molecule has 2 aliphatic rings. The molecule has 156 valence electrons. The zero-order valence-electron chi connectivity index (χ0n) is 17.3. The maximum atomic E-state index is 12.4. The number of carbonyl (C=O) groups is 1. The van der Waals surface area contributed by atoms with Crippen molar-refractivity contribution in [1.29, 1.82) is 0 Å². The Morgan fingerprint density at radius 3 is 2.59 bits per heavy atom. The van der Waals surface area contributed by atoms with Crippen LogP contribution in [0.1, 0.15) is 33.9 Å². The summed E-state index contributed by atoms with van der Waals surface area (Å²) in [5.74, 6) is -0.0453. The molecule has 2 fully saturated rings. The van der Waals surface area contributed by atoms with Gasteiger partial charge in [0.1, 0.15) is 10.7 Å². The molecule has 29 heavy (non-hydrogen) atoms. The topological polar surface area (TPSA) is 51.7 Å². The van der Waals surface area contributed by atoms with Crippen molar-refractivity contribution < 1.29 is 4.79 Å². The molecule has 6 nitrogen and oxygen atoms in total. The number of hydrogen-bond donors (Lipinski definition) is 1. The molecule has 0 bridgehead atoms. The van der Waals surface area contributed by atoms with Gasteiger partial charge < -0.3 is 15.1 Å². The fourth-order valence-electron chi connectivity index (χ4n) is 4.17. The molecule has 1 aromatic heterocycles. The summed E-state index contributed by atoms with van der Waals surface area (Å²) in [7, 11) is 0. The van der Waals surface area contributed by atoms with Gasteiger partial charge in [0.25, 0.3) is 5.91 Å². The van der Waals surface area contributed by atoms with Crippen molar-refractivity contribution in [1.82, 2.24) is 20.1 Å². The number of aryl methyl sites for hydroxylation is 1. The summed E-state index contributed by atoms with van der Waals surface area (Å²) in [5.41, 5.74) is 3.24. The Balaban J connectivity index is 1.22. The minimum atomic E-state index is -0.0453. The number of piperazine rings is 1. The molecule has 2 aromatic rings. The smallest absolute Gasteiger partial charge is 0.270 e. The molecule has 0 unspecified atom stereocenters. The lowest BCUT2D eigenvalue weighted by Gasteiger charge is -2.36. The number of nitrogens with zero attached hydrogens (tertiary/aromatic N) is 4. The van der Waals surface area contributed by atoms with Gasteiger partial charge in [-0.05, 0) is 44.5 Å². The number of aromatic nitrogens is 1. The van der Waals surface area contributed by atoms with Gasteiger partial charge in [-0.1, -0.05) is 18.2 Å². The second-order valence-corrected chi connectivity index (χ2v) is 8.92. The normalized spacial score (nSPS) is 18.3. The molecule has 0 spiro atoms. The number of amides is 1. The maximum Gasteiger partial charge on any atom is 0.270 e. The molecule has 0 aliphatic carbocycles. The standard InChI is InChI=1S/C22H31N5OS/c1-18-6-2-3-7-20(18)27-14-12-26(13-15-27)16-21-24-19(17-29-21)22(28)23-8-11-25-9-4-5-10-25/h2-3,6-7,17H,4-5,8-16H2,1H3,(H,23,28). The third-order valence-electron chi connectivity index (χ3n) is 5.88. The first kappa shape index (κ1) is 20.3. The number of nitrogens with one attached hydrogen (secondary N) is 1. The van der Waals surface area contributed by atoms with E-state index in [1.807, 2.05) is 5.38 Å². The first-order valence-corrected chi connectivity index (χ1v) is 11.5. The van der Waals surface area contributed by atoms with Crippen molar-refractivity contribution in [3.8, 4) is 0 Å². The molecular formula is C22H31N5OS. The molecule has 1 aromatic carbocycles. The van der Waals surface area contributed by atoms with Crippen molar-refractivity contribution in [3.05, 3.63) is 45.9 Å².